The molecule has 27 heavy (non-hydrogen) atoms. The van der Waals surface area contributed by atoms with Crippen LogP contribution in [0.3, 0.4) is 0 Å². The number of hydrogen-bond acceptors (Lipinski definition) is 4. The van der Waals surface area contributed by atoms with Crippen LogP contribution in [0.5, 0.6) is 0 Å². The van der Waals surface area contributed by atoms with Gasteiger partial charge >= 0.3 is 0 Å². The van der Waals surface area contributed by atoms with Crippen LogP contribution in [0.4, 0.5) is 4.39 Å². The van der Waals surface area contributed by atoms with Gasteiger partial charge < -0.3 is 9.88 Å². The number of carbonyl (C=O) groups is 1. The summed E-state index contributed by atoms with van der Waals surface area (Å²) in [5, 5.41) is 3.15. The molecule has 8 heteroatoms. The number of nitrogens with zero attached hydrogens (tertiary/aromatic N) is 3. The standard InChI is InChI=1S/C19H18ClFN4O2/c1-10(2)25-13(8-22-11(3)26)7-17(27)14-5-4-12(6-16(14)25)18-15(21)9-23-19(20)24-18/h4-7,9-10H,8H2,1-3H3,(H,22,26). The molecule has 3 rings (SSSR count). The van der Waals surface area contributed by atoms with Crippen LogP contribution in [-0.4, -0.2) is 20.4 Å². The van der Waals surface area contributed by atoms with Crippen LogP contribution in [0, 0.1) is 5.82 Å². The molecular weight excluding hydrogens is 371 g/mol. The number of hydrogen-bond donors (Lipinski definition) is 1. The molecule has 0 fully saturated rings. The Balaban J connectivity index is 2.27. The maximum absolute atomic E-state index is 14.2. The zero-order chi connectivity index (χ0) is 19.7. The molecule has 0 bridgehead atoms. The van der Waals surface area contributed by atoms with Gasteiger partial charge in [-0.1, -0.05) is 6.07 Å². The van der Waals surface area contributed by atoms with Crippen molar-refractivity contribution in [3.63, 3.8) is 0 Å². The van der Waals surface area contributed by atoms with Crippen LogP contribution in [0.1, 0.15) is 32.5 Å². The molecule has 3 aromatic rings. The maximum Gasteiger partial charge on any atom is 0.223 e. The lowest BCUT2D eigenvalue weighted by molar-refractivity contribution is -0.119. The van der Waals surface area contributed by atoms with Crippen molar-refractivity contribution in [2.24, 2.45) is 0 Å². The molecule has 2 aromatic heterocycles. The summed E-state index contributed by atoms with van der Waals surface area (Å²) in [5.41, 5.74) is 1.66. The number of fused-ring (bicyclic) bond motifs is 1. The molecule has 0 spiro atoms. The summed E-state index contributed by atoms with van der Waals surface area (Å²) in [7, 11) is 0. The van der Waals surface area contributed by atoms with Gasteiger partial charge in [-0.3, -0.25) is 9.59 Å². The third-order valence-electron chi connectivity index (χ3n) is 4.15. The Morgan fingerprint density at radius 1 is 1.33 bits per heavy atom. The van der Waals surface area contributed by atoms with Gasteiger partial charge in [0, 0.05) is 35.7 Å². The van der Waals surface area contributed by atoms with E-state index >= 15 is 0 Å². The SMILES string of the molecule is CC(=O)NCc1cc(=O)c2ccc(-c3nc(Cl)ncc3F)cc2n1C(C)C. The molecular formula is C19H18ClFN4O2. The molecule has 1 N–H and O–H groups in total. The van der Waals surface area contributed by atoms with Gasteiger partial charge in [-0.25, -0.2) is 14.4 Å². The zero-order valence-electron chi connectivity index (χ0n) is 15.1. The van der Waals surface area contributed by atoms with E-state index in [4.69, 9.17) is 11.6 Å². The molecule has 0 unspecified atom stereocenters. The average Bonchev–Trinajstić information content (AvgIpc) is 2.61. The molecule has 0 aliphatic rings. The summed E-state index contributed by atoms with van der Waals surface area (Å²) >= 11 is 5.80. The molecule has 1 amide bonds. The molecule has 2 heterocycles. The minimum atomic E-state index is -0.605. The smallest absolute Gasteiger partial charge is 0.223 e. The second-order valence-corrected chi connectivity index (χ2v) is 6.78. The second kappa shape index (κ2) is 7.44. The van der Waals surface area contributed by atoms with E-state index in [1.165, 1.54) is 13.0 Å². The topological polar surface area (TPSA) is 76.9 Å². The summed E-state index contributed by atoms with van der Waals surface area (Å²) in [6, 6.07) is 6.49. The van der Waals surface area contributed by atoms with Crippen LogP contribution in [0.25, 0.3) is 22.2 Å². The molecule has 1 aromatic carbocycles. The molecule has 6 nitrogen and oxygen atoms in total. The highest BCUT2D eigenvalue weighted by molar-refractivity contribution is 6.28. The fourth-order valence-corrected chi connectivity index (χ4v) is 3.18. The van der Waals surface area contributed by atoms with Gasteiger partial charge in [-0.15, -0.1) is 0 Å². The first-order valence-corrected chi connectivity index (χ1v) is 8.76. The molecule has 0 saturated carbocycles. The first-order chi connectivity index (χ1) is 12.8. The third-order valence-corrected chi connectivity index (χ3v) is 4.33. The lowest BCUT2D eigenvalue weighted by Crippen LogP contribution is -2.25. The van der Waals surface area contributed by atoms with E-state index in [2.05, 4.69) is 15.3 Å². The van der Waals surface area contributed by atoms with Gasteiger partial charge in [0.1, 0.15) is 5.69 Å². The highest BCUT2D eigenvalue weighted by Gasteiger charge is 2.15. The Morgan fingerprint density at radius 2 is 2.07 bits per heavy atom. The normalized spacial score (nSPS) is 11.2. The van der Waals surface area contributed by atoms with Crippen LogP contribution < -0.4 is 10.7 Å². The Labute approximate surface area is 160 Å². The van der Waals surface area contributed by atoms with Crippen LogP contribution >= 0.6 is 11.6 Å². The summed E-state index contributed by atoms with van der Waals surface area (Å²) in [6.45, 7) is 5.57. The van der Waals surface area contributed by atoms with E-state index in [1.807, 2.05) is 18.4 Å². The van der Waals surface area contributed by atoms with Gasteiger partial charge in [-0.05, 0) is 37.6 Å². The lowest BCUT2D eigenvalue weighted by atomic mass is 10.1. The van der Waals surface area contributed by atoms with Gasteiger partial charge in [0.2, 0.25) is 11.2 Å². The number of pyridine rings is 1. The van der Waals surface area contributed by atoms with E-state index in [1.54, 1.807) is 18.2 Å². The molecule has 0 atom stereocenters. The summed E-state index contributed by atoms with van der Waals surface area (Å²) in [4.78, 5) is 31.4. The predicted molar refractivity (Wildman–Crippen MR) is 102 cm³/mol. The van der Waals surface area contributed by atoms with E-state index in [0.29, 0.717) is 22.2 Å². The van der Waals surface area contributed by atoms with E-state index in [-0.39, 0.29) is 34.9 Å². The fraction of sp³-hybridized carbons (Fsp3) is 0.263. The number of benzene rings is 1. The van der Waals surface area contributed by atoms with Gasteiger partial charge in [0.15, 0.2) is 11.2 Å². The Bertz CT molecular complexity index is 1090. The number of aromatic nitrogens is 3. The number of rotatable bonds is 4. The summed E-state index contributed by atoms with van der Waals surface area (Å²) in [5.74, 6) is -0.795. The monoisotopic (exact) mass is 388 g/mol. The average molecular weight is 389 g/mol. The van der Waals surface area contributed by atoms with Crippen molar-refractivity contribution < 1.29 is 9.18 Å². The van der Waals surface area contributed by atoms with Crippen molar-refractivity contribution in [3.8, 4) is 11.3 Å². The largest absolute Gasteiger partial charge is 0.351 e. The highest BCUT2D eigenvalue weighted by atomic mass is 35.5. The highest BCUT2D eigenvalue weighted by Crippen LogP contribution is 2.27. The van der Waals surface area contributed by atoms with Crippen molar-refractivity contribution in [2.45, 2.75) is 33.4 Å². The predicted octanol–water partition coefficient (Wildman–Crippen LogP) is 3.47. The minimum Gasteiger partial charge on any atom is -0.351 e. The number of amides is 1. The summed E-state index contributed by atoms with van der Waals surface area (Å²) in [6.07, 6.45) is 1.01. The Morgan fingerprint density at radius 3 is 2.74 bits per heavy atom. The van der Waals surface area contributed by atoms with E-state index in [9.17, 15) is 14.0 Å². The van der Waals surface area contributed by atoms with E-state index in [0.717, 1.165) is 6.20 Å². The van der Waals surface area contributed by atoms with Crippen molar-refractivity contribution in [3.05, 3.63) is 57.5 Å². The van der Waals surface area contributed by atoms with Gasteiger partial charge in [0.25, 0.3) is 0 Å². The second-order valence-electron chi connectivity index (χ2n) is 6.44. The van der Waals surface area contributed by atoms with Crippen LogP contribution in [0.15, 0.2) is 35.3 Å². The maximum atomic E-state index is 14.2. The molecule has 140 valence electrons. The quantitative estimate of drug-likeness (QED) is 0.694. The zero-order valence-corrected chi connectivity index (χ0v) is 15.8. The van der Waals surface area contributed by atoms with E-state index < -0.39 is 5.82 Å². The van der Waals surface area contributed by atoms with Crippen molar-refractivity contribution >= 4 is 28.4 Å². The molecule has 0 saturated heterocycles. The Hall–Kier alpha value is -2.80. The van der Waals surface area contributed by atoms with Crippen molar-refractivity contribution in [1.29, 1.82) is 0 Å². The number of halogens is 2. The minimum absolute atomic E-state index is 0.00550. The van der Waals surface area contributed by atoms with Gasteiger partial charge in [-0.2, -0.15) is 0 Å². The molecule has 0 aliphatic heterocycles. The third kappa shape index (κ3) is 3.83. The first kappa shape index (κ1) is 19.0. The number of nitrogens with one attached hydrogen (secondary N) is 1. The number of carbonyl (C=O) groups excluding carboxylic acids is 1. The fourth-order valence-electron chi connectivity index (χ4n) is 3.05. The first-order valence-electron chi connectivity index (χ1n) is 8.39. The molecule has 0 radical (unpaired) electrons. The van der Waals surface area contributed by atoms with Crippen molar-refractivity contribution in [1.82, 2.24) is 19.9 Å². The van der Waals surface area contributed by atoms with Gasteiger partial charge in [0.05, 0.1) is 18.3 Å². The summed E-state index contributed by atoms with van der Waals surface area (Å²) < 4.78 is 16.1. The van der Waals surface area contributed by atoms with Crippen LogP contribution in [-0.2, 0) is 11.3 Å². The Kier molecular flexibility index (Phi) is 5.23. The molecule has 0 aliphatic carbocycles. The van der Waals surface area contributed by atoms with Crippen molar-refractivity contribution in [2.75, 3.05) is 0 Å². The van der Waals surface area contributed by atoms with Crippen LogP contribution in [0.2, 0.25) is 5.28 Å². The lowest BCUT2D eigenvalue weighted by Gasteiger charge is -2.21.